The van der Waals surface area contributed by atoms with Crippen molar-refractivity contribution in [1.82, 2.24) is 4.98 Å². The zero-order valence-electron chi connectivity index (χ0n) is 14.6. The summed E-state index contributed by atoms with van der Waals surface area (Å²) in [6, 6.07) is 2.32. The van der Waals surface area contributed by atoms with Crippen molar-refractivity contribution in [3.8, 4) is 0 Å². The molecule has 0 saturated heterocycles. The van der Waals surface area contributed by atoms with E-state index in [1.807, 2.05) is 0 Å². The molecule has 0 fully saturated rings. The molecule has 1 aromatic carbocycles. The number of aliphatic imine (C=N–C) groups is 1. The van der Waals surface area contributed by atoms with Gasteiger partial charge in [-0.15, -0.1) is 11.3 Å². The minimum absolute atomic E-state index is 0.102. The smallest absolute Gasteiger partial charge is 0.275 e. The van der Waals surface area contributed by atoms with Crippen LogP contribution in [-0.2, 0) is 10.3 Å². The Balaban J connectivity index is 2.05. The van der Waals surface area contributed by atoms with Crippen LogP contribution in [0.5, 0.6) is 0 Å². The van der Waals surface area contributed by atoms with Crippen LogP contribution in [0.3, 0.4) is 0 Å². The van der Waals surface area contributed by atoms with Gasteiger partial charge in [0.15, 0.2) is 5.54 Å². The Morgan fingerprint density at radius 3 is 2.74 bits per heavy atom. The lowest BCUT2D eigenvalue weighted by Crippen LogP contribution is -2.45. The van der Waals surface area contributed by atoms with Crippen molar-refractivity contribution in [2.24, 2.45) is 10.7 Å². The molecule has 10 heteroatoms. The Morgan fingerprint density at radius 1 is 1.41 bits per heavy atom. The van der Waals surface area contributed by atoms with Gasteiger partial charge in [-0.2, -0.15) is 0 Å². The van der Waals surface area contributed by atoms with Crippen LogP contribution in [0.25, 0.3) is 0 Å². The monoisotopic (exact) mass is 398 g/mol. The van der Waals surface area contributed by atoms with E-state index in [1.54, 1.807) is 12.3 Å². The number of rotatable bonds is 4. The summed E-state index contributed by atoms with van der Waals surface area (Å²) < 4.78 is 47.6. The molecule has 27 heavy (non-hydrogen) atoms. The maximum atomic E-state index is 14.6. The molecule has 2 heterocycles. The van der Waals surface area contributed by atoms with Gasteiger partial charge in [0, 0.05) is 16.6 Å². The molecule has 0 aliphatic carbocycles. The fraction of sp³-hybridized carbons (Fsp3) is 0.353. The second-order valence-electron chi connectivity index (χ2n) is 6.12. The molecule has 2 aromatic rings. The molecule has 0 bridgehead atoms. The summed E-state index contributed by atoms with van der Waals surface area (Å²) in [5, 5.41) is 4.87. The highest BCUT2D eigenvalue weighted by atomic mass is 32.1. The second-order valence-corrected chi connectivity index (χ2v) is 7.18. The van der Waals surface area contributed by atoms with Crippen LogP contribution in [0.1, 0.15) is 26.6 Å². The number of nitrogens with zero attached hydrogens (tertiary/aromatic N) is 2. The number of benzene rings is 1. The fourth-order valence-electron chi connectivity index (χ4n) is 2.98. The third kappa shape index (κ3) is 3.54. The Kier molecular flexibility index (Phi) is 5.20. The molecule has 3 rings (SSSR count). The molecule has 1 unspecified atom stereocenters. The maximum absolute atomic E-state index is 14.6. The largest absolute Gasteiger partial charge is 0.385 e. The van der Waals surface area contributed by atoms with Crippen molar-refractivity contribution >= 4 is 28.8 Å². The number of aryl methyl sites for hydroxylation is 1. The van der Waals surface area contributed by atoms with Gasteiger partial charge < -0.3 is 15.8 Å². The van der Waals surface area contributed by atoms with E-state index in [2.05, 4.69) is 15.3 Å². The first-order chi connectivity index (χ1) is 12.7. The molecule has 1 aliphatic heterocycles. The summed E-state index contributed by atoms with van der Waals surface area (Å²) >= 11 is 1.30. The number of halogens is 3. The number of nitrogens with two attached hydrogens (primary N) is 1. The Labute approximate surface area is 157 Å². The average Bonchev–Trinajstić information content (AvgIpc) is 3.04. The summed E-state index contributed by atoms with van der Waals surface area (Å²) in [4.78, 5) is 20.3. The van der Waals surface area contributed by atoms with Gasteiger partial charge >= 0.3 is 0 Å². The van der Waals surface area contributed by atoms with Crippen molar-refractivity contribution in [1.29, 1.82) is 0 Å². The quantitative estimate of drug-likeness (QED) is 0.829. The molecular weight excluding hydrogens is 381 g/mol. The minimum Gasteiger partial charge on any atom is -0.385 e. The predicted octanol–water partition coefficient (Wildman–Crippen LogP) is 3.00. The van der Waals surface area contributed by atoms with Gasteiger partial charge in [-0.1, -0.05) is 0 Å². The first-order valence-electron chi connectivity index (χ1n) is 7.97. The zero-order chi connectivity index (χ0) is 19.8. The van der Waals surface area contributed by atoms with Gasteiger partial charge in [-0.05, 0) is 31.5 Å². The minimum atomic E-state index is -3.06. The number of ether oxygens (including phenoxy) is 1. The number of carbonyl (C=O) groups excluding carboxylic acids is 1. The van der Waals surface area contributed by atoms with Crippen LogP contribution in [0, 0.1) is 19.7 Å². The number of anilines is 1. The van der Waals surface area contributed by atoms with Crippen molar-refractivity contribution in [3.05, 3.63) is 45.2 Å². The normalized spacial score (nSPS) is 19.9. The van der Waals surface area contributed by atoms with Crippen LogP contribution in [0.4, 0.5) is 18.9 Å². The molecule has 1 atom stereocenters. The van der Waals surface area contributed by atoms with Gasteiger partial charge in [0.1, 0.15) is 24.0 Å². The summed E-state index contributed by atoms with van der Waals surface area (Å²) in [5.41, 5.74) is 3.45. The van der Waals surface area contributed by atoms with E-state index >= 15 is 0 Å². The molecule has 6 nitrogen and oxygen atoms in total. The van der Waals surface area contributed by atoms with Gasteiger partial charge in [0.05, 0.1) is 11.6 Å². The number of nitrogens with one attached hydrogen (secondary N) is 1. The highest BCUT2D eigenvalue weighted by Gasteiger charge is 2.47. The van der Waals surface area contributed by atoms with Crippen LogP contribution in [0.15, 0.2) is 22.5 Å². The number of alkyl halides is 2. The fourth-order valence-corrected chi connectivity index (χ4v) is 3.57. The second kappa shape index (κ2) is 7.28. The summed E-state index contributed by atoms with van der Waals surface area (Å²) in [5.74, 6) is -1.54. The number of aromatic nitrogens is 1. The van der Waals surface area contributed by atoms with E-state index in [4.69, 9.17) is 10.5 Å². The van der Waals surface area contributed by atoms with Crippen LogP contribution in [0.2, 0.25) is 0 Å². The molecule has 1 aliphatic rings. The van der Waals surface area contributed by atoms with Crippen molar-refractivity contribution < 1.29 is 22.7 Å². The molecule has 0 saturated carbocycles. The average molecular weight is 398 g/mol. The number of amides is 1. The number of carbonyl (C=O) groups is 1. The van der Waals surface area contributed by atoms with Gasteiger partial charge in [-0.3, -0.25) is 9.79 Å². The Bertz CT molecular complexity index is 916. The first-order valence-corrected chi connectivity index (χ1v) is 8.85. The van der Waals surface area contributed by atoms with Crippen molar-refractivity contribution in [3.63, 3.8) is 0 Å². The standard InChI is InChI=1S/C17H17F3N4O2S/c1-8-11(23-15(25)12-6-27-9(2)22-12)4-3-10(18)14(8)17(16(19)20)7-26-5-13(21)24-17/h3-4,6,16H,5,7H2,1-2H3,(H2,21,24)(H,23,25). The predicted molar refractivity (Wildman–Crippen MR) is 96.1 cm³/mol. The van der Waals surface area contributed by atoms with Crippen molar-refractivity contribution in [2.45, 2.75) is 25.8 Å². The van der Waals surface area contributed by atoms with Crippen LogP contribution < -0.4 is 11.1 Å². The molecule has 0 spiro atoms. The number of hydrogen-bond acceptors (Lipinski definition) is 6. The molecular formula is C17H17F3N4O2S. The van der Waals surface area contributed by atoms with Gasteiger partial charge in [-0.25, -0.2) is 18.2 Å². The van der Waals surface area contributed by atoms with E-state index in [-0.39, 0.29) is 35.0 Å². The van der Waals surface area contributed by atoms with Gasteiger partial charge in [0.25, 0.3) is 12.3 Å². The number of amidine groups is 1. The number of hydrogen-bond donors (Lipinski definition) is 2. The van der Waals surface area contributed by atoms with Crippen LogP contribution >= 0.6 is 11.3 Å². The van der Waals surface area contributed by atoms with E-state index in [9.17, 15) is 18.0 Å². The highest BCUT2D eigenvalue weighted by Crippen LogP contribution is 2.40. The van der Waals surface area contributed by atoms with E-state index in [1.165, 1.54) is 24.3 Å². The molecule has 1 amide bonds. The Hall–Kier alpha value is -2.46. The summed E-state index contributed by atoms with van der Waals surface area (Å²) in [6.45, 7) is 2.56. The van der Waals surface area contributed by atoms with E-state index in [0.717, 1.165) is 6.07 Å². The van der Waals surface area contributed by atoms with Crippen molar-refractivity contribution in [2.75, 3.05) is 18.5 Å². The van der Waals surface area contributed by atoms with E-state index < -0.39 is 30.3 Å². The third-order valence-electron chi connectivity index (χ3n) is 4.22. The molecule has 144 valence electrons. The molecule has 0 radical (unpaired) electrons. The Morgan fingerprint density at radius 2 is 2.15 bits per heavy atom. The first kappa shape index (κ1) is 19.3. The molecule has 3 N–H and O–H groups in total. The van der Waals surface area contributed by atoms with E-state index in [0.29, 0.717) is 5.01 Å². The third-order valence-corrected chi connectivity index (χ3v) is 5.00. The lowest BCUT2D eigenvalue weighted by molar-refractivity contribution is -0.0149. The SMILES string of the molecule is Cc1nc(C(=O)Nc2ccc(F)c(C3(C(F)F)COCC(N)=N3)c2C)cs1. The maximum Gasteiger partial charge on any atom is 0.275 e. The molecule has 1 aromatic heterocycles. The van der Waals surface area contributed by atoms with Crippen LogP contribution in [-0.4, -0.2) is 36.4 Å². The highest BCUT2D eigenvalue weighted by molar-refractivity contribution is 7.09. The topological polar surface area (TPSA) is 89.6 Å². The zero-order valence-corrected chi connectivity index (χ0v) is 15.4. The summed E-state index contributed by atoms with van der Waals surface area (Å²) in [6.07, 6.45) is -3.06. The summed E-state index contributed by atoms with van der Waals surface area (Å²) in [7, 11) is 0. The lowest BCUT2D eigenvalue weighted by Gasteiger charge is -2.34. The number of thiazole rings is 1. The van der Waals surface area contributed by atoms with Gasteiger partial charge in [0.2, 0.25) is 0 Å². The lowest BCUT2D eigenvalue weighted by atomic mass is 9.86.